The van der Waals surface area contributed by atoms with Crippen molar-refractivity contribution in [1.29, 1.82) is 0 Å². The summed E-state index contributed by atoms with van der Waals surface area (Å²) in [5.74, 6) is 0.911. The van der Waals surface area contributed by atoms with Gasteiger partial charge in [-0.2, -0.15) is 4.98 Å². The molecule has 1 saturated heterocycles. The number of H-pyrrole nitrogens is 1. The van der Waals surface area contributed by atoms with Gasteiger partial charge in [0.05, 0.1) is 19.3 Å². The highest BCUT2D eigenvalue weighted by atomic mass is 16.5. The van der Waals surface area contributed by atoms with Crippen molar-refractivity contribution in [2.45, 2.75) is 38.4 Å². The minimum absolute atomic E-state index is 0.203. The number of benzene rings is 1. The number of nitrogens with zero attached hydrogens (tertiary/aromatic N) is 4. The second-order valence-corrected chi connectivity index (χ2v) is 8.33. The zero-order chi connectivity index (χ0) is 20.5. The van der Waals surface area contributed by atoms with E-state index >= 15 is 0 Å². The fourth-order valence-corrected chi connectivity index (χ4v) is 4.75. The van der Waals surface area contributed by atoms with Gasteiger partial charge in [0.25, 0.3) is 0 Å². The molecule has 3 aromatic rings. The van der Waals surface area contributed by atoms with Gasteiger partial charge < -0.3 is 14.5 Å². The molecule has 0 radical (unpaired) electrons. The molecule has 2 bridgehead atoms. The number of hydrogen-bond donors (Lipinski definition) is 1. The molecule has 2 unspecified atom stereocenters. The number of imidazole rings is 1. The molecule has 8 heteroatoms. The van der Waals surface area contributed by atoms with Crippen LogP contribution in [0.1, 0.15) is 30.4 Å². The Kier molecular flexibility index (Phi) is 5.26. The average Bonchev–Trinajstić information content (AvgIpc) is 3.45. The van der Waals surface area contributed by atoms with E-state index in [1.165, 1.54) is 31.4 Å². The van der Waals surface area contributed by atoms with Crippen molar-refractivity contribution < 1.29 is 9.47 Å². The lowest BCUT2D eigenvalue weighted by molar-refractivity contribution is 0.141. The molecule has 158 valence electrons. The van der Waals surface area contributed by atoms with Crippen LogP contribution in [-0.2, 0) is 17.8 Å². The SMILES string of the molecule is COCCOc1ncc2[nH]c(=O)n(Cc3ccc(CN4CC5CCC4C5)cc3)c2n1. The van der Waals surface area contributed by atoms with Gasteiger partial charge in [0.1, 0.15) is 12.1 Å². The smallest absolute Gasteiger partial charge is 0.328 e. The van der Waals surface area contributed by atoms with Crippen LogP contribution in [0.15, 0.2) is 35.3 Å². The number of aromatic amines is 1. The summed E-state index contributed by atoms with van der Waals surface area (Å²) >= 11 is 0. The van der Waals surface area contributed by atoms with Crippen LogP contribution in [-0.4, -0.2) is 57.3 Å². The predicted octanol–water partition coefficient (Wildman–Crippen LogP) is 2.18. The quantitative estimate of drug-likeness (QED) is 0.574. The van der Waals surface area contributed by atoms with Crippen molar-refractivity contribution >= 4 is 11.2 Å². The van der Waals surface area contributed by atoms with Crippen LogP contribution in [0.25, 0.3) is 11.2 Å². The van der Waals surface area contributed by atoms with Gasteiger partial charge in [-0.15, -0.1) is 0 Å². The monoisotopic (exact) mass is 409 g/mol. The lowest BCUT2D eigenvalue weighted by Crippen LogP contribution is -2.31. The molecule has 30 heavy (non-hydrogen) atoms. The average molecular weight is 409 g/mol. The van der Waals surface area contributed by atoms with E-state index in [-0.39, 0.29) is 11.7 Å². The van der Waals surface area contributed by atoms with Gasteiger partial charge >= 0.3 is 11.7 Å². The fraction of sp³-hybridized carbons (Fsp3) is 0.500. The normalized spacial score (nSPS) is 21.0. The van der Waals surface area contributed by atoms with Gasteiger partial charge in [-0.3, -0.25) is 9.47 Å². The molecule has 2 aromatic heterocycles. The Hall–Kier alpha value is -2.71. The van der Waals surface area contributed by atoms with Crippen LogP contribution in [0.4, 0.5) is 0 Å². The van der Waals surface area contributed by atoms with Crippen molar-refractivity contribution in [3.63, 3.8) is 0 Å². The third-order valence-electron chi connectivity index (χ3n) is 6.28. The Balaban J connectivity index is 1.30. The summed E-state index contributed by atoms with van der Waals surface area (Å²) in [7, 11) is 1.61. The topological polar surface area (TPSA) is 85.3 Å². The maximum atomic E-state index is 12.5. The molecular weight excluding hydrogens is 382 g/mol. The standard InChI is InChI=1S/C22H27N5O3/c1-29-8-9-30-21-23-11-19-20(25-21)27(22(28)24-19)14-16-4-2-15(3-5-16)12-26-13-17-6-7-18(26)10-17/h2-5,11,17-18H,6-10,12-14H2,1H3,(H,24,28). The van der Waals surface area contributed by atoms with Crippen molar-refractivity contribution in [3.8, 4) is 6.01 Å². The van der Waals surface area contributed by atoms with E-state index in [1.807, 2.05) is 0 Å². The molecule has 2 aliphatic rings. The number of likely N-dealkylation sites (tertiary alicyclic amines) is 1. The number of ether oxygens (including phenoxy) is 2. The van der Waals surface area contributed by atoms with Crippen LogP contribution in [0.5, 0.6) is 6.01 Å². The van der Waals surface area contributed by atoms with Crippen molar-refractivity contribution in [1.82, 2.24) is 24.4 Å². The molecule has 1 N–H and O–H groups in total. The van der Waals surface area contributed by atoms with Crippen LogP contribution < -0.4 is 10.4 Å². The van der Waals surface area contributed by atoms with E-state index in [4.69, 9.17) is 9.47 Å². The third-order valence-corrected chi connectivity index (χ3v) is 6.28. The van der Waals surface area contributed by atoms with E-state index in [2.05, 4.69) is 44.1 Å². The molecule has 3 heterocycles. The van der Waals surface area contributed by atoms with Crippen molar-refractivity contribution in [3.05, 3.63) is 52.1 Å². The summed E-state index contributed by atoms with van der Waals surface area (Å²) in [6.45, 7) is 3.51. The largest absolute Gasteiger partial charge is 0.461 e. The fourth-order valence-electron chi connectivity index (χ4n) is 4.75. The molecule has 1 aliphatic carbocycles. The number of fused-ring (bicyclic) bond motifs is 3. The number of rotatable bonds is 8. The summed E-state index contributed by atoms with van der Waals surface area (Å²) in [5, 5.41) is 0. The number of aromatic nitrogens is 4. The van der Waals surface area contributed by atoms with Gasteiger partial charge in [0.2, 0.25) is 0 Å². The number of nitrogens with one attached hydrogen (secondary N) is 1. The zero-order valence-electron chi connectivity index (χ0n) is 17.2. The van der Waals surface area contributed by atoms with Gasteiger partial charge in [0, 0.05) is 26.2 Å². The molecule has 0 amide bonds. The van der Waals surface area contributed by atoms with E-state index in [0.29, 0.717) is 30.9 Å². The van der Waals surface area contributed by atoms with Gasteiger partial charge in [-0.1, -0.05) is 24.3 Å². The summed E-state index contributed by atoms with van der Waals surface area (Å²) in [4.78, 5) is 26.4. The van der Waals surface area contributed by atoms with Crippen LogP contribution in [0, 0.1) is 5.92 Å². The van der Waals surface area contributed by atoms with Crippen LogP contribution >= 0.6 is 0 Å². The molecule has 2 atom stereocenters. The Bertz CT molecular complexity index is 1070. The number of hydrogen-bond acceptors (Lipinski definition) is 6. The zero-order valence-corrected chi connectivity index (χ0v) is 17.2. The predicted molar refractivity (Wildman–Crippen MR) is 113 cm³/mol. The molecule has 1 aromatic carbocycles. The molecule has 5 rings (SSSR count). The second kappa shape index (κ2) is 8.20. The highest BCUT2D eigenvalue weighted by Crippen LogP contribution is 2.38. The summed E-state index contributed by atoms with van der Waals surface area (Å²) in [6.07, 6.45) is 5.71. The van der Waals surface area contributed by atoms with Gasteiger partial charge in [-0.25, -0.2) is 9.78 Å². The summed E-state index contributed by atoms with van der Waals surface area (Å²) in [6, 6.07) is 9.57. The molecular formula is C22H27N5O3. The first-order valence-electron chi connectivity index (χ1n) is 10.6. The highest BCUT2D eigenvalue weighted by molar-refractivity contribution is 5.69. The van der Waals surface area contributed by atoms with E-state index in [9.17, 15) is 4.79 Å². The van der Waals surface area contributed by atoms with E-state index in [1.54, 1.807) is 17.9 Å². The van der Waals surface area contributed by atoms with E-state index < -0.39 is 0 Å². The molecule has 1 saturated carbocycles. The Morgan fingerprint density at radius 3 is 2.63 bits per heavy atom. The lowest BCUT2D eigenvalue weighted by Gasteiger charge is -2.26. The summed E-state index contributed by atoms with van der Waals surface area (Å²) < 4.78 is 12.1. The highest BCUT2D eigenvalue weighted by Gasteiger charge is 2.37. The maximum absolute atomic E-state index is 12.5. The van der Waals surface area contributed by atoms with Gasteiger partial charge in [-0.05, 0) is 36.3 Å². The first-order chi connectivity index (χ1) is 14.7. The Labute approximate surface area is 174 Å². The number of piperidine rings is 1. The Morgan fingerprint density at radius 1 is 1.13 bits per heavy atom. The van der Waals surface area contributed by atoms with Gasteiger partial charge in [0.15, 0.2) is 5.65 Å². The first-order valence-corrected chi connectivity index (χ1v) is 10.6. The lowest BCUT2D eigenvalue weighted by atomic mass is 10.1. The minimum atomic E-state index is -0.203. The first kappa shape index (κ1) is 19.3. The van der Waals surface area contributed by atoms with Crippen molar-refractivity contribution in [2.75, 3.05) is 26.9 Å². The molecule has 1 aliphatic heterocycles. The van der Waals surface area contributed by atoms with E-state index in [0.717, 1.165) is 24.1 Å². The maximum Gasteiger partial charge on any atom is 0.328 e. The summed E-state index contributed by atoms with van der Waals surface area (Å²) in [5.41, 5.74) is 3.32. The van der Waals surface area contributed by atoms with Crippen LogP contribution in [0.2, 0.25) is 0 Å². The molecule has 2 fully saturated rings. The van der Waals surface area contributed by atoms with Crippen LogP contribution in [0.3, 0.4) is 0 Å². The Morgan fingerprint density at radius 2 is 1.93 bits per heavy atom. The third kappa shape index (κ3) is 3.85. The number of methoxy groups -OCH3 is 1. The molecule has 0 spiro atoms. The van der Waals surface area contributed by atoms with Crippen molar-refractivity contribution in [2.24, 2.45) is 5.92 Å². The second-order valence-electron chi connectivity index (χ2n) is 8.33. The minimum Gasteiger partial charge on any atom is -0.461 e. The molecule has 8 nitrogen and oxygen atoms in total.